The van der Waals surface area contributed by atoms with Crippen molar-refractivity contribution in [2.75, 3.05) is 7.11 Å². The number of ketones is 1. The van der Waals surface area contributed by atoms with E-state index in [1.54, 1.807) is 7.11 Å². The lowest BCUT2D eigenvalue weighted by Gasteiger charge is -2.13. The first-order chi connectivity index (χ1) is 13.8. The molecule has 0 saturated heterocycles. The maximum Gasteiger partial charge on any atom is 0.221 e. The van der Waals surface area contributed by atoms with Crippen LogP contribution in [0.5, 0.6) is 11.5 Å². The molecule has 0 bridgehead atoms. The number of thiophene rings is 1. The van der Waals surface area contributed by atoms with Gasteiger partial charge in [0.1, 0.15) is 11.5 Å². The monoisotopic (exact) mass is 387 g/mol. The molecule has 0 radical (unpaired) electrons. The van der Waals surface area contributed by atoms with Crippen LogP contribution in [0.1, 0.15) is 20.9 Å². The van der Waals surface area contributed by atoms with Crippen LogP contribution in [0.2, 0.25) is 0 Å². The van der Waals surface area contributed by atoms with Gasteiger partial charge in [-0.3, -0.25) is 4.79 Å². The number of carbonyl (C=O) groups is 1. The van der Waals surface area contributed by atoms with E-state index in [0.29, 0.717) is 18.1 Å². The minimum atomic E-state index is 0.0889. The van der Waals surface area contributed by atoms with E-state index >= 15 is 0 Å². The minimum Gasteiger partial charge on any atom is -0.493 e. The maximum absolute atomic E-state index is 12.5. The summed E-state index contributed by atoms with van der Waals surface area (Å²) in [6.07, 6.45) is 1.93. The molecule has 2 aromatic heterocycles. The molecule has 0 fully saturated rings. The van der Waals surface area contributed by atoms with Gasteiger partial charge in [0.25, 0.3) is 0 Å². The number of fused-ring (bicyclic) bond motifs is 3. The van der Waals surface area contributed by atoms with Crippen molar-refractivity contribution in [3.8, 4) is 28.3 Å². The summed E-state index contributed by atoms with van der Waals surface area (Å²) in [5, 5.41) is 2.03. The number of benzene rings is 2. The van der Waals surface area contributed by atoms with Crippen molar-refractivity contribution in [1.29, 1.82) is 0 Å². The second-order valence-corrected chi connectivity index (χ2v) is 7.44. The van der Waals surface area contributed by atoms with Crippen LogP contribution >= 0.6 is 11.3 Å². The van der Waals surface area contributed by atoms with E-state index in [0.717, 1.165) is 32.9 Å². The van der Waals surface area contributed by atoms with Gasteiger partial charge >= 0.3 is 0 Å². The molecule has 5 heteroatoms. The number of ether oxygens (including phenoxy) is 2. The lowest BCUT2D eigenvalue weighted by molar-refractivity contribution is 0.104. The van der Waals surface area contributed by atoms with E-state index in [4.69, 9.17) is 9.47 Å². The Labute approximate surface area is 166 Å². The van der Waals surface area contributed by atoms with Crippen molar-refractivity contribution < 1.29 is 14.3 Å². The summed E-state index contributed by atoms with van der Waals surface area (Å²) in [7, 11) is 1.64. The summed E-state index contributed by atoms with van der Waals surface area (Å²) < 4.78 is 13.5. The van der Waals surface area contributed by atoms with Crippen LogP contribution < -0.4 is 9.47 Å². The number of nitrogens with zero attached hydrogens (tertiary/aromatic N) is 1. The number of methoxy groups -OCH3 is 1. The third kappa shape index (κ3) is 2.63. The number of rotatable bonds is 5. The highest BCUT2D eigenvalue weighted by Gasteiger charge is 2.31. The van der Waals surface area contributed by atoms with Gasteiger partial charge in [-0.2, -0.15) is 0 Å². The molecule has 2 aromatic carbocycles. The molecule has 138 valence electrons. The van der Waals surface area contributed by atoms with Crippen LogP contribution in [0, 0.1) is 0 Å². The molecular formula is C23H17NO3S. The van der Waals surface area contributed by atoms with Gasteiger partial charge in [0, 0.05) is 17.1 Å². The van der Waals surface area contributed by atoms with Gasteiger partial charge in [0.05, 0.1) is 18.5 Å². The molecule has 0 spiro atoms. The first kappa shape index (κ1) is 16.8. The Hall–Kier alpha value is -3.31. The smallest absolute Gasteiger partial charge is 0.221 e. The number of hydrogen-bond acceptors (Lipinski definition) is 4. The van der Waals surface area contributed by atoms with E-state index in [1.165, 1.54) is 11.3 Å². The first-order valence-electron chi connectivity index (χ1n) is 8.95. The van der Waals surface area contributed by atoms with Crippen molar-refractivity contribution in [3.05, 3.63) is 88.4 Å². The molecule has 1 aliphatic rings. The third-order valence-electron chi connectivity index (χ3n) is 4.91. The average molecular weight is 387 g/mol. The molecule has 0 saturated carbocycles. The quantitative estimate of drug-likeness (QED) is 0.409. The van der Waals surface area contributed by atoms with E-state index < -0.39 is 0 Å². The Morgan fingerprint density at radius 1 is 1.00 bits per heavy atom. The summed E-state index contributed by atoms with van der Waals surface area (Å²) in [4.78, 5) is 13.3. The SMILES string of the molecule is COc1cc(-c2csc3c2-n2cccc2C3=O)ccc1OCc1ccccc1. The van der Waals surface area contributed by atoms with Gasteiger partial charge < -0.3 is 14.0 Å². The second kappa shape index (κ2) is 6.69. The third-order valence-corrected chi connectivity index (χ3v) is 5.87. The average Bonchev–Trinajstić information content (AvgIpc) is 3.43. The van der Waals surface area contributed by atoms with Crippen molar-refractivity contribution in [2.45, 2.75) is 6.61 Å². The zero-order valence-corrected chi connectivity index (χ0v) is 16.0. The summed E-state index contributed by atoms with van der Waals surface area (Å²) in [6, 6.07) is 19.7. The van der Waals surface area contributed by atoms with Crippen molar-refractivity contribution >= 4 is 17.1 Å². The van der Waals surface area contributed by atoms with Crippen LogP contribution in [0.3, 0.4) is 0 Å². The molecule has 0 atom stereocenters. The highest BCUT2D eigenvalue weighted by molar-refractivity contribution is 7.13. The molecule has 4 nitrogen and oxygen atoms in total. The molecule has 0 N–H and O–H groups in total. The van der Waals surface area contributed by atoms with E-state index in [9.17, 15) is 4.79 Å². The Balaban J connectivity index is 1.49. The number of carbonyl (C=O) groups excluding carboxylic acids is 1. The Bertz CT molecular complexity index is 1170. The second-order valence-electron chi connectivity index (χ2n) is 6.56. The molecule has 3 heterocycles. The van der Waals surface area contributed by atoms with Crippen LogP contribution in [-0.4, -0.2) is 17.5 Å². The molecule has 5 rings (SSSR count). The van der Waals surface area contributed by atoms with Gasteiger partial charge in [-0.05, 0) is 35.4 Å². The normalized spacial score (nSPS) is 12.0. The summed E-state index contributed by atoms with van der Waals surface area (Å²) in [5.41, 5.74) is 4.79. The van der Waals surface area contributed by atoms with E-state index in [1.807, 2.05) is 76.8 Å². The van der Waals surface area contributed by atoms with E-state index in [-0.39, 0.29) is 5.78 Å². The highest BCUT2D eigenvalue weighted by atomic mass is 32.1. The fraction of sp³-hybridized carbons (Fsp3) is 0.0870. The molecule has 0 amide bonds. The Morgan fingerprint density at radius 2 is 1.86 bits per heavy atom. The summed E-state index contributed by atoms with van der Waals surface area (Å²) >= 11 is 1.49. The van der Waals surface area contributed by atoms with Gasteiger partial charge in [0.15, 0.2) is 11.5 Å². The van der Waals surface area contributed by atoms with Gasteiger partial charge in [0.2, 0.25) is 5.78 Å². The largest absolute Gasteiger partial charge is 0.493 e. The summed E-state index contributed by atoms with van der Waals surface area (Å²) in [5.74, 6) is 1.45. The van der Waals surface area contributed by atoms with Crippen molar-refractivity contribution in [3.63, 3.8) is 0 Å². The van der Waals surface area contributed by atoms with Crippen LogP contribution in [0.4, 0.5) is 0 Å². The van der Waals surface area contributed by atoms with Crippen molar-refractivity contribution in [2.24, 2.45) is 0 Å². The zero-order valence-electron chi connectivity index (χ0n) is 15.2. The zero-order chi connectivity index (χ0) is 19.1. The molecule has 1 aliphatic heterocycles. The van der Waals surface area contributed by atoms with Gasteiger partial charge in [-0.25, -0.2) is 0 Å². The predicted octanol–water partition coefficient (Wildman–Crippen LogP) is 5.34. The Morgan fingerprint density at radius 3 is 2.68 bits per heavy atom. The van der Waals surface area contributed by atoms with Gasteiger partial charge in [-0.1, -0.05) is 36.4 Å². The van der Waals surface area contributed by atoms with Crippen LogP contribution in [0.25, 0.3) is 16.8 Å². The first-order valence-corrected chi connectivity index (χ1v) is 9.83. The Kier molecular flexibility index (Phi) is 4.02. The molecule has 4 aromatic rings. The van der Waals surface area contributed by atoms with Crippen LogP contribution in [0.15, 0.2) is 72.2 Å². The van der Waals surface area contributed by atoms with Gasteiger partial charge in [-0.15, -0.1) is 11.3 Å². The molecule has 0 aliphatic carbocycles. The fourth-order valence-electron chi connectivity index (χ4n) is 3.52. The summed E-state index contributed by atoms with van der Waals surface area (Å²) in [6.45, 7) is 0.478. The van der Waals surface area contributed by atoms with Crippen molar-refractivity contribution in [1.82, 2.24) is 4.57 Å². The topological polar surface area (TPSA) is 40.5 Å². The molecule has 28 heavy (non-hydrogen) atoms. The maximum atomic E-state index is 12.5. The number of aromatic nitrogens is 1. The molecule has 0 unspecified atom stereocenters. The number of hydrogen-bond donors (Lipinski definition) is 0. The lowest BCUT2D eigenvalue weighted by atomic mass is 10.1. The fourth-order valence-corrected chi connectivity index (χ4v) is 4.54. The van der Waals surface area contributed by atoms with E-state index in [2.05, 4.69) is 0 Å². The van der Waals surface area contributed by atoms with Crippen LogP contribution in [-0.2, 0) is 6.61 Å². The standard InChI is InChI=1S/C23H17NO3S/c1-26-20-12-16(9-10-19(20)27-13-15-6-3-2-4-7-15)17-14-28-23-21(17)24-11-5-8-18(24)22(23)25/h2-12,14H,13H2,1H3. The predicted molar refractivity (Wildman–Crippen MR) is 110 cm³/mol. The minimum absolute atomic E-state index is 0.0889. The molecular weight excluding hydrogens is 370 g/mol. The lowest BCUT2D eigenvalue weighted by Crippen LogP contribution is -1.98. The highest BCUT2D eigenvalue weighted by Crippen LogP contribution is 2.43.